The zero-order valence-corrected chi connectivity index (χ0v) is 21.6. The number of carbonyl (C=O) groups excluding carboxylic acids is 2. The van der Waals surface area contributed by atoms with E-state index in [1.807, 2.05) is 47.3 Å². The summed E-state index contributed by atoms with van der Waals surface area (Å²) in [5, 5.41) is 10.2. The highest BCUT2D eigenvalue weighted by Crippen LogP contribution is 2.49. The second-order valence-corrected chi connectivity index (χ2v) is 10.2. The molecule has 1 aliphatic carbocycles. The molecule has 2 N–H and O–H groups in total. The van der Waals surface area contributed by atoms with Gasteiger partial charge in [-0.2, -0.15) is 5.10 Å². The number of anilines is 1. The molecule has 0 saturated heterocycles. The van der Waals surface area contributed by atoms with Gasteiger partial charge in [-0.1, -0.05) is 24.3 Å². The fourth-order valence-corrected chi connectivity index (χ4v) is 5.80. The van der Waals surface area contributed by atoms with Crippen molar-refractivity contribution in [2.24, 2.45) is 0 Å². The Balaban J connectivity index is 1.14. The molecular formula is C30H32N6O2. The van der Waals surface area contributed by atoms with E-state index in [4.69, 9.17) is 0 Å². The zero-order valence-electron chi connectivity index (χ0n) is 21.6. The van der Waals surface area contributed by atoms with E-state index in [1.54, 1.807) is 6.20 Å². The Bertz CT molecular complexity index is 1430. The highest BCUT2D eigenvalue weighted by molar-refractivity contribution is 5.93. The number of amides is 2. The van der Waals surface area contributed by atoms with Crippen LogP contribution in [0.25, 0.3) is 5.69 Å². The maximum Gasteiger partial charge on any atom is 0.268 e. The van der Waals surface area contributed by atoms with Gasteiger partial charge in [0.1, 0.15) is 5.69 Å². The molecular weight excluding hydrogens is 476 g/mol. The highest BCUT2D eigenvalue weighted by Gasteiger charge is 2.48. The van der Waals surface area contributed by atoms with E-state index in [0.29, 0.717) is 6.54 Å². The van der Waals surface area contributed by atoms with Gasteiger partial charge in [-0.3, -0.25) is 14.5 Å². The molecule has 8 nitrogen and oxygen atoms in total. The number of rotatable bonds is 7. The summed E-state index contributed by atoms with van der Waals surface area (Å²) in [6.45, 7) is 4.52. The van der Waals surface area contributed by atoms with Gasteiger partial charge in [-0.15, -0.1) is 0 Å². The average molecular weight is 509 g/mol. The smallest absolute Gasteiger partial charge is 0.268 e. The van der Waals surface area contributed by atoms with Gasteiger partial charge < -0.3 is 15.2 Å². The minimum absolute atomic E-state index is 0.00300. The molecule has 4 aromatic rings. The number of benzene rings is 2. The first-order valence-electron chi connectivity index (χ1n) is 13.2. The molecule has 1 saturated carbocycles. The van der Waals surface area contributed by atoms with Crippen molar-refractivity contribution in [3.63, 3.8) is 0 Å². The summed E-state index contributed by atoms with van der Waals surface area (Å²) in [4.78, 5) is 27.0. The van der Waals surface area contributed by atoms with Crippen LogP contribution < -0.4 is 10.6 Å². The predicted molar refractivity (Wildman–Crippen MR) is 146 cm³/mol. The standard InChI is InChI=1S/C30H32N6O2/c1-22(37)33-25-8-4-23(5-9-25)20-31-29(38)27-12-13-28-30(14-2-15-30)34(18-19-35(27)28)21-24-6-10-26(11-7-24)36-17-3-16-32-36/h3-13,16-17H,2,14-15,18-21H2,1H3,(H,31,38)(H,33,37). The number of hydrogen-bond donors (Lipinski definition) is 2. The van der Waals surface area contributed by atoms with E-state index in [2.05, 4.69) is 55.5 Å². The van der Waals surface area contributed by atoms with Gasteiger partial charge in [0.2, 0.25) is 5.91 Å². The van der Waals surface area contributed by atoms with Crippen molar-refractivity contribution >= 4 is 17.5 Å². The topological polar surface area (TPSA) is 84.2 Å². The van der Waals surface area contributed by atoms with E-state index < -0.39 is 0 Å². The zero-order chi connectivity index (χ0) is 26.1. The molecule has 0 bridgehead atoms. The summed E-state index contributed by atoms with van der Waals surface area (Å²) in [6.07, 6.45) is 7.18. The molecule has 2 amide bonds. The fourth-order valence-electron chi connectivity index (χ4n) is 5.80. The van der Waals surface area contributed by atoms with E-state index in [-0.39, 0.29) is 17.4 Å². The molecule has 2 aromatic heterocycles. The number of fused-ring (bicyclic) bond motifs is 2. The van der Waals surface area contributed by atoms with E-state index in [1.165, 1.54) is 24.6 Å². The Labute approximate surface area is 222 Å². The summed E-state index contributed by atoms with van der Waals surface area (Å²) in [5.41, 5.74) is 6.06. The van der Waals surface area contributed by atoms with Gasteiger partial charge in [-0.25, -0.2) is 4.68 Å². The number of hydrogen-bond acceptors (Lipinski definition) is 4. The van der Waals surface area contributed by atoms with Gasteiger partial charge in [0.05, 0.1) is 11.2 Å². The lowest BCUT2D eigenvalue weighted by Crippen LogP contribution is -2.56. The van der Waals surface area contributed by atoms with Crippen LogP contribution in [0.2, 0.25) is 0 Å². The molecule has 0 atom stereocenters. The first-order chi connectivity index (χ1) is 18.5. The van der Waals surface area contributed by atoms with Crippen molar-refractivity contribution in [1.29, 1.82) is 0 Å². The van der Waals surface area contributed by atoms with E-state index >= 15 is 0 Å². The van der Waals surface area contributed by atoms with Gasteiger partial charge in [0.15, 0.2) is 0 Å². The van der Waals surface area contributed by atoms with Crippen LogP contribution in [0.1, 0.15) is 53.5 Å². The lowest BCUT2D eigenvalue weighted by atomic mass is 9.71. The maximum atomic E-state index is 13.2. The summed E-state index contributed by atoms with van der Waals surface area (Å²) in [5.74, 6) is -0.158. The Morgan fingerprint density at radius 3 is 2.37 bits per heavy atom. The highest BCUT2D eigenvalue weighted by atomic mass is 16.2. The molecule has 3 heterocycles. The molecule has 1 fully saturated rings. The molecule has 2 aromatic carbocycles. The second-order valence-electron chi connectivity index (χ2n) is 10.2. The minimum Gasteiger partial charge on any atom is -0.347 e. The van der Waals surface area contributed by atoms with Crippen LogP contribution in [-0.2, 0) is 30.0 Å². The average Bonchev–Trinajstić information content (AvgIpc) is 3.58. The molecule has 8 heteroatoms. The van der Waals surface area contributed by atoms with Gasteiger partial charge in [-0.05, 0) is 72.9 Å². The normalized spacial score (nSPS) is 16.0. The number of carbonyl (C=O) groups is 2. The van der Waals surface area contributed by atoms with Crippen molar-refractivity contribution in [2.45, 2.75) is 51.4 Å². The first kappa shape index (κ1) is 24.2. The second kappa shape index (κ2) is 9.95. The van der Waals surface area contributed by atoms with Crippen molar-refractivity contribution in [3.05, 3.63) is 102 Å². The van der Waals surface area contributed by atoms with Crippen LogP contribution in [0.15, 0.2) is 79.1 Å². The third-order valence-corrected chi connectivity index (χ3v) is 7.88. The van der Waals surface area contributed by atoms with Gasteiger partial charge >= 0.3 is 0 Å². The van der Waals surface area contributed by atoms with Crippen molar-refractivity contribution in [3.8, 4) is 5.69 Å². The van der Waals surface area contributed by atoms with Crippen LogP contribution >= 0.6 is 0 Å². The maximum absolute atomic E-state index is 13.2. The third-order valence-electron chi connectivity index (χ3n) is 7.88. The molecule has 6 rings (SSSR count). The van der Waals surface area contributed by atoms with E-state index in [9.17, 15) is 9.59 Å². The summed E-state index contributed by atoms with van der Waals surface area (Å²) in [7, 11) is 0. The van der Waals surface area contributed by atoms with Crippen molar-refractivity contribution < 1.29 is 9.59 Å². The number of nitrogens with zero attached hydrogens (tertiary/aromatic N) is 4. The minimum atomic E-state index is -0.102. The molecule has 38 heavy (non-hydrogen) atoms. The Morgan fingerprint density at radius 1 is 0.947 bits per heavy atom. The van der Waals surface area contributed by atoms with Gasteiger partial charge in [0, 0.05) is 56.9 Å². The fraction of sp³-hybridized carbons (Fsp3) is 0.300. The van der Waals surface area contributed by atoms with Gasteiger partial charge in [0.25, 0.3) is 5.91 Å². The van der Waals surface area contributed by atoms with Crippen LogP contribution in [0.5, 0.6) is 0 Å². The monoisotopic (exact) mass is 508 g/mol. The number of aromatic nitrogens is 3. The SMILES string of the molecule is CC(=O)Nc1ccc(CNC(=O)c2ccc3n2CCN(Cc2ccc(-n4cccn4)cc2)C32CCC2)cc1. The number of nitrogens with one attached hydrogen (secondary N) is 2. The Hall–Kier alpha value is -4.17. The van der Waals surface area contributed by atoms with Crippen molar-refractivity contribution in [2.75, 3.05) is 11.9 Å². The lowest BCUT2D eigenvalue weighted by Gasteiger charge is -2.53. The summed E-state index contributed by atoms with van der Waals surface area (Å²) < 4.78 is 4.10. The van der Waals surface area contributed by atoms with E-state index in [0.717, 1.165) is 55.1 Å². The summed E-state index contributed by atoms with van der Waals surface area (Å²) in [6, 6.07) is 22.2. The molecule has 1 aliphatic heterocycles. The van der Waals surface area contributed by atoms with Crippen LogP contribution in [0.3, 0.4) is 0 Å². The molecule has 194 valence electrons. The molecule has 1 spiro atoms. The first-order valence-corrected chi connectivity index (χ1v) is 13.2. The third kappa shape index (κ3) is 4.52. The summed E-state index contributed by atoms with van der Waals surface area (Å²) >= 11 is 0. The van der Waals surface area contributed by atoms with Crippen LogP contribution in [0, 0.1) is 0 Å². The Kier molecular flexibility index (Phi) is 6.33. The lowest BCUT2D eigenvalue weighted by molar-refractivity contribution is -0.114. The molecule has 0 radical (unpaired) electrons. The Morgan fingerprint density at radius 2 is 1.71 bits per heavy atom. The largest absolute Gasteiger partial charge is 0.347 e. The molecule has 2 aliphatic rings. The van der Waals surface area contributed by atoms with Crippen molar-refractivity contribution in [1.82, 2.24) is 24.6 Å². The molecule has 0 unspecified atom stereocenters. The van der Waals surface area contributed by atoms with Crippen LogP contribution in [0.4, 0.5) is 5.69 Å². The quantitative estimate of drug-likeness (QED) is 0.386. The van der Waals surface area contributed by atoms with Crippen LogP contribution in [-0.4, -0.2) is 37.6 Å². The predicted octanol–water partition coefficient (Wildman–Crippen LogP) is 4.46.